The number of benzene rings is 1. The third kappa shape index (κ3) is 2.89. The van der Waals surface area contributed by atoms with Gasteiger partial charge in [0.25, 0.3) is 5.56 Å². The first kappa shape index (κ1) is 13.0. The first-order valence-electron chi connectivity index (χ1n) is 6.02. The second kappa shape index (κ2) is 4.69. The summed E-state index contributed by atoms with van der Waals surface area (Å²) in [5, 5.41) is 8.91. The molecule has 0 aliphatic heterocycles. The fraction of sp³-hybridized carbons (Fsp3) is 0.267. The monoisotopic (exact) mass is 253 g/mol. The van der Waals surface area contributed by atoms with Gasteiger partial charge >= 0.3 is 0 Å². The molecule has 0 fully saturated rings. The molecule has 1 aromatic carbocycles. The van der Waals surface area contributed by atoms with Gasteiger partial charge in [-0.1, -0.05) is 32.9 Å². The lowest BCUT2D eigenvalue weighted by atomic mass is 9.95. The second-order valence-electron chi connectivity index (χ2n) is 5.42. The molecule has 4 nitrogen and oxygen atoms in total. The van der Waals surface area contributed by atoms with Crippen LogP contribution >= 0.6 is 0 Å². The van der Waals surface area contributed by atoms with E-state index in [-0.39, 0.29) is 11.0 Å². The van der Waals surface area contributed by atoms with Crippen molar-refractivity contribution < 1.29 is 0 Å². The van der Waals surface area contributed by atoms with Gasteiger partial charge in [0.1, 0.15) is 5.82 Å². The number of hydrogen-bond donors (Lipinski definition) is 1. The van der Waals surface area contributed by atoms with Crippen molar-refractivity contribution in [2.24, 2.45) is 0 Å². The van der Waals surface area contributed by atoms with Gasteiger partial charge in [-0.2, -0.15) is 5.26 Å². The molecule has 96 valence electrons. The Morgan fingerprint density at radius 2 is 2.00 bits per heavy atom. The molecule has 1 heterocycles. The molecule has 0 aliphatic rings. The van der Waals surface area contributed by atoms with Gasteiger partial charge in [0.05, 0.1) is 17.3 Å². The summed E-state index contributed by atoms with van der Waals surface area (Å²) in [6.45, 7) is 5.96. The van der Waals surface area contributed by atoms with Gasteiger partial charge in [0, 0.05) is 17.0 Å². The van der Waals surface area contributed by atoms with Crippen LogP contribution in [0.25, 0.3) is 11.3 Å². The highest BCUT2D eigenvalue weighted by Gasteiger charge is 2.17. The van der Waals surface area contributed by atoms with Gasteiger partial charge in [0.2, 0.25) is 0 Å². The fourth-order valence-electron chi connectivity index (χ4n) is 1.71. The van der Waals surface area contributed by atoms with Crippen molar-refractivity contribution in [2.45, 2.75) is 26.2 Å². The molecule has 1 aromatic heterocycles. The minimum Gasteiger partial charge on any atom is -0.310 e. The Balaban J connectivity index is 2.60. The molecule has 0 saturated carbocycles. The first-order chi connectivity index (χ1) is 8.90. The predicted molar refractivity (Wildman–Crippen MR) is 73.7 cm³/mol. The number of H-pyrrole nitrogens is 1. The zero-order chi connectivity index (χ0) is 14.0. The zero-order valence-corrected chi connectivity index (χ0v) is 11.2. The van der Waals surface area contributed by atoms with Crippen LogP contribution in [0.15, 0.2) is 35.1 Å². The maximum atomic E-state index is 11.7. The van der Waals surface area contributed by atoms with E-state index >= 15 is 0 Å². The highest BCUT2D eigenvalue weighted by Crippen LogP contribution is 2.21. The summed E-state index contributed by atoms with van der Waals surface area (Å²) >= 11 is 0. The number of hydrogen-bond acceptors (Lipinski definition) is 3. The number of aromatic nitrogens is 2. The molecule has 0 radical (unpaired) electrons. The van der Waals surface area contributed by atoms with E-state index in [1.165, 1.54) is 6.07 Å². The van der Waals surface area contributed by atoms with Crippen molar-refractivity contribution in [2.75, 3.05) is 0 Å². The Labute approximate surface area is 111 Å². The van der Waals surface area contributed by atoms with Crippen LogP contribution in [0.3, 0.4) is 0 Å². The first-order valence-corrected chi connectivity index (χ1v) is 6.02. The molecule has 0 bridgehead atoms. The minimum absolute atomic E-state index is 0.183. The van der Waals surface area contributed by atoms with E-state index in [9.17, 15) is 4.79 Å². The van der Waals surface area contributed by atoms with Crippen LogP contribution in [0.2, 0.25) is 0 Å². The Hall–Kier alpha value is -2.41. The van der Waals surface area contributed by atoms with Crippen LogP contribution in [0.4, 0.5) is 0 Å². The quantitative estimate of drug-likeness (QED) is 0.849. The molecule has 2 aromatic rings. The summed E-state index contributed by atoms with van der Waals surface area (Å²) in [6.07, 6.45) is 0. The summed E-state index contributed by atoms with van der Waals surface area (Å²) in [6, 6.07) is 10.6. The third-order valence-electron chi connectivity index (χ3n) is 2.74. The number of nitrogens with one attached hydrogen (secondary N) is 1. The lowest BCUT2D eigenvalue weighted by Crippen LogP contribution is -2.21. The lowest BCUT2D eigenvalue weighted by Gasteiger charge is -2.17. The minimum atomic E-state index is -0.234. The van der Waals surface area contributed by atoms with Crippen molar-refractivity contribution in [1.82, 2.24) is 9.97 Å². The maximum Gasteiger partial charge on any atom is 0.251 e. The molecular formula is C15H15N3O. The van der Waals surface area contributed by atoms with Crippen molar-refractivity contribution >= 4 is 0 Å². The summed E-state index contributed by atoms with van der Waals surface area (Å²) in [5.74, 6) is 0.636. The molecule has 0 amide bonds. The summed E-state index contributed by atoms with van der Waals surface area (Å²) in [5.41, 5.74) is 1.50. The zero-order valence-electron chi connectivity index (χ0n) is 11.2. The highest BCUT2D eigenvalue weighted by molar-refractivity contribution is 5.61. The Kier molecular flexibility index (Phi) is 3.22. The van der Waals surface area contributed by atoms with E-state index in [1.54, 1.807) is 18.2 Å². The van der Waals surface area contributed by atoms with E-state index < -0.39 is 0 Å². The van der Waals surface area contributed by atoms with E-state index in [1.807, 2.05) is 26.8 Å². The van der Waals surface area contributed by atoms with Crippen molar-refractivity contribution in [1.29, 1.82) is 5.26 Å². The van der Waals surface area contributed by atoms with Crippen LogP contribution in [-0.4, -0.2) is 9.97 Å². The summed E-state index contributed by atoms with van der Waals surface area (Å²) in [4.78, 5) is 19.0. The Morgan fingerprint density at radius 1 is 1.26 bits per heavy atom. The average molecular weight is 253 g/mol. The molecular weight excluding hydrogens is 238 g/mol. The SMILES string of the molecule is CC(C)(C)c1nc(-c2cccc(C#N)c2)cc(=O)[nH]1. The number of nitriles is 1. The second-order valence-corrected chi connectivity index (χ2v) is 5.42. The van der Waals surface area contributed by atoms with E-state index in [0.29, 0.717) is 17.1 Å². The van der Waals surface area contributed by atoms with Crippen LogP contribution in [0.5, 0.6) is 0 Å². The molecule has 0 unspecified atom stereocenters. The van der Waals surface area contributed by atoms with Crippen LogP contribution < -0.4 is 5.56 Å². The Morgan fingerprint density at radius 3 is 2.63 bits per heavy atom. The summed E-state index contributed by atoms with van der Waals surface area (Å²) < 4.78 is 0. The van der Waals surface area contributed by atoms with Gasteiger partial charge in [-0.15, -0.1) is 0 Å². The topological polar surface area (TPSA) is 69.5 Å². The third-order valence-corrected chi connectivity index (χ3v) is 2.74. The normalized spacial score (nSPS) is 11.1. The molecule has 1 N–H and O–H groups in total. The van der Waals surface area contributed by atoms with Gasteiger partial charge < -0.3 is 4.98 Å². The molecule has 19 heavy (non-hydrogen) atoms. The Bertz CT molecular complexity index is 702. The summed E-state index contributed by atoms with van der Waals surface area (Å²) in [7, 11) is 0. The van der Waals surface area contributed by atoms with Gasteiger partial charge in [-0.05, 0) is 12.1 Å². The lowest BCUT2D eigenvalue weighted by molar-refractivity contribution is 0.543. The smallest absolute Gasteiger partial charge is 0.251 e. The molecule has 0 atom stereocenters. The van der Waals surface area contributed by atoms with Crippen molar-refractivity contribution in [3.05, 3.63) is 52.1 Å². The predicted octanol–water partition coefficient (Wildman–Crippen LogP) is 2.61. The number of nitrogens with zero attached hydrogens (tertiary/aromatic N) is 2. The van der Waals surface area contributed by atoms with Crippen LogP contribution in [0, 0.1) is 11.3 Å². The van der Waals surface area contributed by atoms with Crippen molar-refractivity contribution in [3.63, 3.8) is 0 Å². The molecule has 0 aliphatic carbocycles. The largest absolute Gasteiger partial charge is 0.310 e. The van der Waals surface area contributed by atoms with E-state index in [2.05, 4.69) is 16.0 Å². The average Bonchev–Trinajstić information content (AvgIpc) is 2.37. The van der Waals surface area contributed by atoms with E-state index in [4.69, 9.17) is 5.26 Å². The molecule has 4 heteroatoms. The molecule has 2 rings (SSSR count). The maximum absolute atomic E-state index is 11.7. The fourth-order valence-corrected chi connectivity index (χ4v) is 1.71. The molecule has 0 spiro atoms. The number of rotatable bonds is 1. The van der Waals surface area contributed by atoms with Crippen molar-refractivity contribution in [3.8, 4) is 17.3 Å². The van der Waals surface area contributed by atoms with Gasteiger partial charge in [-0.25, -0.2) is 4.98 Å². The van der Waals surface area contributed by atoms with Gasteiger partial charge in [0.15, 0.2) is 0 Å². The van der Waals surface area contributed by atoms with Gasteiger partial charge in [-0.3, -0.25) is 4.79 Å². The number of aromatic amines is 1. The van der Waals surface area contributed by atoms with Crippen LogP contribution in [0.1, 0.15) is 32.2 Å². The molecule has 0 saturated heterocycles. The van der Waals surface area contributed by atoms with E-state index in [0.717, 1.165) is 5.56 Å². The standard InChI is InChI=1S/C15H15N3O/c1-15(2,3)14-17-12(8-13(19)18-14)11-6-4-5-10(7-11)9-16/h4-8H,1-3H3,(H,17,18,19). The van der Waals surface area contributed by atoms with Crippen LogP contribution in [-0.2, 0) is 5.41 Å². The highest BCUT2D eigenvalue weighted by atomic mass is 16.1.